The highest BCUT2D eigenvalue weighted by Gasteiger charge is 2.45. The molecule has 1 aliphatic rings. The van der Waals surface area contributed by atoms with E-state index in [1.807, 2.05) is 87.4 Å². The number of carbonyl (C=O) groups excluding carboxylic acids is 2. The van der Waals surface area contributed by atoms with Gasteiger partial charge in [0.25, 0.3) is 11.7 Å². The van der Waals surface area contributed by atoms with Crippen molar-refractivity contribution in [3.8, 4) is 17.2 Å². The molecule has 0 bridgehead atoms. The Kier molecular flexibility index (Phi) is 8.48. The molecule has 4 rings (SSSR count). The monoisotopic (exact) mass is 514 g/mol. The first-order valence-corrected chi connectivity index (χ1v) is 12.8. The zero-order chi connectivity index (χ0) is 27.2. The summed E-state index contributed by atoms with van der Waals surface area (Å²) in [6, 6.07) is 22.8. The highest BCUT2D eigenvalue weighted by molar-refractivity contribution is 6.46. The van der Waals surface area contributed by atoms with Gasteiger partial charge in [0.1, 0.15) is 23.0 Å². The highest BCUT2D eigenvalue weighted by atomic mass is 16.5. The summed E-state index contributed by atoms with van der Waals surface area (Å²) in [5.41, 5.74) is 1.19. The van der Waals surface area contributed by atoms with E-state index in [1.54, 1.807) is 29.2 Å². The molecule has 1 amide bonds. The van der Waals surface area contributed by atoms with E-state index in [2.05, 4.69) is 0 Å². The summed E-state index contributed by atoms with van der Waals surface area (Å²) in [5, 5.41) is 11.3. The van der Waals surface area contributed by atoms with Crippen LogP contribution in [-0.2, 0) is 9.59 Å². The molecule has 1 N–H and O–H groups in total. The second kappa shape index (κ2) is 12.0. The van der Waals surface area contributed by atoms with Crippen molar-refractivity contribution in [1.82, 2.24) is 9.80 Å². The number of ether oxygens (including phenoxy) is 2. The Morgan fingerprint density at radius 3 is 2.26 bits per heavy atom. The first-order valence-electron chi connectivity index (χ1n) is 12.8. The zero-order valence-corrected chi connectivity index (χ0v) is 22.3. The predicted molar refractivity (Wildman–Crippen MR) is 147 cm³/mol. The van der Waals surface area contributed by atoms with E-state index >= 15 is 0 Å². The molecule has 1 fully saturated rings. The number of Topliss-reactive ketones (excluding diaryl/α,β-unsaturated/α-hetero) is 1. The van der Waals surface area contributed by atoms with Gasteiger partial charge in [0.15, 0.2) is 0 Å². The average Bonchev–Trinajstić information content (AvgIpc) is 3.14. The second-order valence-electron chi connectivity index (χ2n) is 9.83. The number of hydrogen-bond acceptors (Lipinski definition) is 6. The average molecular weight is 515 g/mol. The van der Waals surface area contributed by atoms with E-state index < -0.39 is 17.7 Å². The fourth-order valence-corrected chi connectivity index (χ4v) is 4.51. The lowest BCUT2D eigenvalue weighted by molar-refractivity contribution is -0.139. The number of amides is 1. The largest absolute Gasteiger partial charge is 0.507 e. The molecule has 7 heteroatoms. The Bertz CT molecular complexity index is 1300. The van der Waals surface area contributed by atoms with Gasteiger partial charge in [-0.05, 0) is 95.0 Å². The minimum atomic E-state index is -0.747. The molecule has 7 nitrogen and oxygen atoms in total. The van der Waals surface area contributed by atoms with E-state index in [-0.39, 0.29) is 17.4 Å². The first kappa shape index (κ1) is 26.9. The predicted octanol–water partition coefficient (Wildman–Crippen LogP) is 5.64. The second-order valence-corrected chi connectivity index (χ2v) is 9.83. The quantitative estimate of drug-likeness (QED) is 0.214. The minimum absolute atomic E-state index is 0.00678. The molecule has 0 aromatic heterocycles. The fraction of sp³-hybridized carbons (Fsp3) is 0.290. The summed E-state index contributed by atoms with van der Waals surface area (Å²) in [5.74, 6) is 0.367. The molecule has 0 aliphatic carbocycles. The number of ketones is 1. The van der Waals surface area contributed by atoms with Crippen LogP contribution >= 0.6 is 0 Å². The van der Waals surface area contributed by atoms with Gasteiger partial charge in [-0.1, -0.05) is 30.3 Å². The van der Waals surface area contributed by atoms with Gasteiger partial charge in [-0.2, -0.15) is 0 Å². The third-order valence-electron chi connectivity index (χ3n) is 6.20. The van der Waals surface area contributed by atoms with Crippen molar-refractivity contribution in [2.75, 3.05) is 27.2 Å². The lowest BCUT2D eigenvalue weighted by Gasteiger charge is -2.26. The molecule has 1 saturated heterocycles. The summed E-state index contributed by atoms with van der Waals surface area (Å²) in [6.07, 6.45) is 0.685. The van der Waals surface area contributed by atoms with Crippen LogP contribution in [0.1, 0.15) is 37.4 Å². The van der Waals surface area contributed by atoms with E-state index in [0.29, 0.717) is 41.3 Å². The van der Waals surface area contributed by atoms with Gasteiger partial charge in [0.05, 0.1) is 17.7 Å². The van der Waals surface area contributed by atoms with Crippen molar-refractivity contribution in [3.05, 3.63) is 95.6 Å². The molecule has 3 aromatic carbocycles. The van der Waals surface area contributed by atoms with Crippen molar-refractivity contribution >= 4 is 17.4 Å². The Morgan fingerprint density at radius 2 is 1.61 bits per heavy atom. The molecule has 1 aliphatic heterocycles. The number of carbonyl (C=O) groups is 2. The van der Waals surface area contributed by atoms with Crippen molar-refractivity contribution in [2.24, 2.45) is 0 Å². The van der Waals surface area contributed by atoms with Crippen LogP contribution in [0.15, 0.2) is 84.4 Å². The number of para-hydroxylation sites is 1. The van der Waals surface area contributed by atoms with Crippen LogP contribution < -0.4 is 9.47 Å². The van der Waals surface area contributed by atoms with Crippen LogP contribution in [0, 0.1) is 0 Å². The maximum Gasteiger partial charge on any atom is 0.295 e. The lowest BCUT2D eigenvalue weighted by atomic mass is 9.95. The van der Waals surface area contributed by atoms with Crippen LogP contribution in [-0.4, -0.2) is 59.9 Å². The highest BCUT2D eigenvalue weighted by Crippen LogP contribution is 2.41. The van der Waals surface area contributed by atoms with E-state index in [1.165, 1.54) is 0 Å². The van der Waals surface area contributed by atoms with Crippen LogP contribution in [0.25, 0.3) is 5.76 Å². The topological polar surface area (TPSA) is 79.3 Å². The van der Waals surface area contributed by atoms with Gasteiger partial charge in [0.2, 0.25) is 0 Å². The number of aliphatic hydroxyl groups excluding tert-OH is 1. The van der Waals surface area contributed by atoms with Crippen molar-refractivity contribution in [3.63, 3.8) is 0 Å². The normalized spacial score (nSPS) is 16.9. The Balaban J connectivity index is 1.74. The van der Waals surface area contributed by atoms with Crippen molar-refractivity contribution < 1.29 is 24.2 Å². The number of nitrogens with zero attached hydrogens (tertiary/aromatic N) is 2. The van der Waals surface area contributed by atoms with E-state index in [4.69, 9.17) is 9.47 Å². The molecular formula is C31H34N2O5. The molecule has 0 radical (unpaired) electrons. The summed E-state index contributed by atoms with van der Waals surface area (Å²) in [6.45, 7) is 4.99. The summed E-state index contributed by atoms with van der Waals surface area (Å²) < 4.78 is 11.7. The molecule has 0 saturated carbocycles. The first-order chi connectivity index (χ1) is 18.2. The van der Waals surface area contributed by atoms with Gasteiger partial charge in [-0.3, -0.25) is 9.59 Å². The lowest BCUT2D eigenvalue weighted by Crippen LogP contribution is -2.32. The maximum atomic E-state index is 13.3. The molecule has 1 atom stereocenters. The standard InChI is InChI=1S/C31H34N2O5/c1-21(2)37-25-16-14-22(15-17-25)29(34)27-28(33(31(36)30(27)35)19-9-18-32(3)4)23-10-8-13-26(20-23)38-24-11-6-5-7-12-24/h5-8,10-17,20-21,28,34H,9,18-19H2,1-4H3/b29-27+. The van der Waals surface area contributed by atoms with Crippen molar-refractivity contribution in [1.29, 1.82) is 0 Å². The third kappa shape index (κ3) is 6.23. The third-order valence-corrected chi connectivity index (χ3v) is 6.20. The molecule has 198 valence electrons. The summed E-state index contributed by atoms with van der Waals surface area (Å²) in [4.78, 5) is 30.1. The number of aliphatic hydroxyl groups is 1. The molecular weight excluding hydrogens is 480 g/mol. The Morgan fingerprint density at radius 1 is 0.921 bits per heavy atom. The van der Waals surface area contributed by atoms with Crippen LogP contribution in [0.3, 0.4) is 0 Å². The SMILES string of the molecule is CC(C)Oc1ccc(/C(O)=C2\C(=O)C(=O)N(CCCN(C)C)C2c2cccc(Oc3ccccc3)c2)cc1. The van der Waals surface area contributed by atoms with Crippen LogP contribution in [0.5, 0.6) is 17.2 Å². The van der Waals surface area contributed by atoms with Gasteiger partial charge < -0.3 is 24.4 Å². The zero-order valence-electron chi connectivity index (χ0n) is 22.3. The Labute approximate surface area is 223 Å². The van der Waals surface area contributed by atoms with Gasteiger partial charge in [0, 0.05) is 12.1 Å². The molecule has 0 spiro atoms. The maximum absolute atomic E-state index is 13.3. The van der Waals surface area contributed by atoms with Crippen molar-refractivity contribution in [2.45, 2.75) is 32.4 Å². The van der Waals surface area contributed by atoms with E-state index in [0.717, 1.165) is 6.54 Å². The molecule has 1 unspecified atom stereocenters. The number of benzene rings is 3. The molecule has 38 heavy (non-hydrogen) atoms. The smallest absolute Gasteiger partial charge is 0.295 e. The summed E-state index contributed by atoms with van der Waals surface area (Å²) in [7, 11) is 3.92. The number of rotatable bonds is 10. The van der Waals surface area contributed by atoms with Crippen LogP contribution in [0.2, 0.25) is 0 Å². The van der Waals surface area contributed by atoms with Gasteiger partial charge in [-0.25, -0.2) is 0 Å². The summed E-state index contributed by atoms with van der Waals surface area (Å²) >= 11 is 0. The molecule has 3 aromatic rings. The van der Waals surface area contributed by atoms with Crippen LogP contribution in [0.4, 0.5) is 0 Å². The number of hydrogen-bond donors (Lipinski definition) is 1. The Hall–Kier alpha value is -4.10. The molecule has 1 heterocycles. The van der Waals surface area contributed by atoms with E-state index in [9.17, 15) is 14.7 Å². The fourth-order valence-electron chi connectivity index (χ4n) is 4.51. The van der Waals surface area contributed by atoms with Gasteiger partial charge >= 0.3 is 0 Å². The van der Waals surface area contributed by atoms with Gasteiger partial charge in [-0.15, -0.1) is 0 Å². The minimum Gasteiger partial charge on any atom is -0.507 e. The number of likely N-dealkylation sites (tertiary alicyclic amines) is 1.